The molecule has 0 bridgehead atoms. The van der Waals surface area contributed by atoms with Crippen molar-refractivity contribution < 1.29 is 14.6 Å². The third-order valence-electron chi connectivity index (χ3n) is 3.31. The van der Waals surface area contributed by atoms with Crippen molar-refractivity contribution in [1.82, 2.24) is 4.90 Å². The highest BCUT2D eigenvalue weighted by Crippen LogP contribution is 2.14. The van der Waals surface area contributed by atoms with E-state index in [1.54, 1.807) is 4.90 Å². The van der Waals surface area contributed by atoms with Gasteiger partial charge in [-0.25, -0.2) is 0 Å². The molecule has 0 spiro atoms. The summed E-state index contributed by atoms with van der Waals surface area (Å²) in [5.74, 6) is 0.966. The average molecular weight is 263 g/mol. The van der Waals surface area contributed by atoms with Crippen LogP contribution >= 0.6 is 0 Å². The molecule has 1 aromatic rings. The molecule has 0 aliphatic carbocycles. The molecule has 0 aromatic heterocycles. The summed E-state index contributed by atoms with van der Waals surface area (Å²) < 4.78 is 5.60. The van der Waals surface area contributed by atoms with E-state index >= 15 is 0 Å². The number of hydrogen-bond donors (Lipinski definition) is 1. The average Bonchev–Trinajstić information content (AvgIpc) is 2.81. The van der Waals surface area contributed by atoms with Crippen LogP contribution in [0.1, 0.15) is 24.8 Å². The molecule has 4 nitrogen and oxygen atoms in total. The number of aliphatic hydroxyl groups is 1. The summed E-state index contributed by atoms with van der Waals surface area (Å²) in [7, 11) is 0. The van der Waals surface area contributed by atoms with Gasteiger partial charge in [-0.3, -0.25) is 4.79 Å². The zero-order valence-electron chi connectivity index (χ0n) is 11.3. The highest BCUT2D eigenvalue weighted by Gasteiger charge is 2.23. The Bertz CT molecular complexity index is 433. The van der Waals surface area contributed by atoms with Crippen LogP contribution in [0.2, 0.25) is 0 Å². The molecule has 1 atom stereocenters. The molecule has 4 heteroatoms. The fourth-order valence-electron chi connectivity index (χ4n) is 2.25. The molecule has 19 heavy (non-hydrogen) atoms. The molecule has 1 unspecified atom stereocenters. The Balaban J connectivity index is 1.65. The van der Waals surface area contributed by atoms with E-state index in [2.05, 4.69) is 0 Å². The lowest BCUT2D eigenvalue weighted by Gasteiger charge is -2.15. The van der Waals surface area contributed by atoms with Gasteiger partial charge >= 0.3 is 0 Å². The van der Waals surface area contributed by atoms with Gasteiger partial charge in [0.05, 0.1) is 12.7 Å². The second-order valence-corrected chi connectivity index (χ2v) is 5.05. The Kier molecular flexibility index (Phi) is 4.80. The number of carbonyl (C=O) groups excluding carboxylic acids is 1. The van der Waals surface area contributed by atoms with Crippen molar-refractivity contribution in [3.63, 3.8) is 0 Å². The fraction of sp³-hybridized carbons (Fsp3) is 0.533. The summed E-state index contributed by atoms with van der Waals surface area (Å²) in [5, 5.41) is 9.38. The third-order valence-corrected chi connectivity index (χ3v) is 3.31. The number of β-amino-alcohol motifs (C(OH)–C–C–N with tert-alkyl or cyclic N) is 1. The van der Waals surface area contributed by atoms with E-state index in [0.717, 1.165) is 5.75 Å². The van der Waals surface area contributed by atoms with Crippen LogP contribution in [0.3, 0.4) is 0 Å². The minimum atomic E-state index is -0.340. The minimum absolute atomic E-state index is 0.115. The number of aryl methyl sites for hydroxylation is 1. The fourth-order valence-corrected chi connectivity index (χ4v) is 2.25. The second-order valence-electron chi connectivity index (χ2n) is 5.05. The van der Waals surface area contributed by atoms with Gasteiger partial charge in [-0.05, 0) is 37.5 Å². The molecular weight excluding hydrogens is 242 g/mol. The van der Waals surface area contributed by atoms with Crippen molar-refractivity contribution in [2.75, 3.05) is 19.7 Å². The topological polar surface area (TPSA) is 49.8 Å². The van der Waals surface area contributed by atoms with Gasteiger partial charge in [-0.2, -0.15) is 0 Å². The van der Waals surface area contributed by atoms with E-state index in [-0.39, 0.29) is 12.0 Å². The van der Waals surface area contributed by atoms with Crippen molar-refractivity contribution in [1.29, 1.82) is 0 Å². The van der Waals surface area contributed by atoms with Gasteiger partial charge in [0.2, 0.25) is 5.91 Å². The first-order valence-electron chi connectivity index (χ1n) is 6.80. The Labute approximate surface area is 114 Å². The van der Waals surface area contributed by atoms with Crippen molar-refractivity contribution in [3.8, 4) is 5.75 Å². The summed E-state index contributed by atoms with van der Waals surface area (Å²) in [5.41, 5.74) is 1.17. The maximum atomic E-state index is 11.8. The highest BCUT2D eigenvalue weighted by molar-refractivity contribution is 5.76. The number of nitrogens with zero attached hydrogens (tertiary/aromatic N) is 1. The molecule has 0 saturated carbocycles. The molecule has 1 aliphatic heterocycles. The number of carbonyl (C=O) groups is 1. The Morgan fingerprint density at radius 1 is 1.53 bits per heavy atom. The van der Waals surface area contributed by atoms with Crippen LogP contribution in [0.15, 0.2) is 24.3 Å². The van der Waals surface area contributed by atoms with Gasteiger partial charge in [0, 0.05) is 19.5 Å². The number of rotatable bonds is 5. The number of likely N-dealkylation sites (tertiary alicyclic amines) is 1. The molecule has 1 aromatic carbocycles. The van der Waals surface area contributed by atoms with Gasteiger partial charge in [0.25, 0.3) is 0 Å². The van der Waals surface area contributed by atoms with Crippen LogP contribution < -0.4 is 4.74 Å². The Morgan fingerprint density at radius 2 is 2.37 bits per heavy atom. The summed E-state index contributed by atoms with van der Waals surface area (Å²) in [6.45, 7) is 3.73. The van der Waals surface area contributed by atoms with Gasteiger partial charge in [0.1, 0.15) is 5.75 Å². The lowest BCUT2D eigenvalue weighted by atomic mass is 10.2. The molecule has 2 rings (SSSR count). The van der Waals surface area contributed by atoms with Crippen molar-refractivity contribution in [2.45, 2.75) is 32.3 Å². The van der Waals surface area contributed by atoms with Gasteiger partial charge < -0.3 is 14.7 Å². The van der Waals surface area contributed by atoms with E-state index < -0.39 is 0 Å². The lowest BCUT2D eigenvalue weighted by Crippen LogP contribution is -2.29. The van der Waals surface area contributed by atoms with E-state index in [1.807, 2.05) is 31.2 Å². The van der Waals surface area contributed by atoms with E-state index in [0.29, 0.717) is 39.0 Å². The predicted octanol–water partition coefficient (Wildman–Crippen LogP) is 1.75. The van der Waals surface area contributed by atoms with E-state index in [9.17, 15) is 9.90 Å². The van der Waals surface area contributed by atoms with Crippen LogP contribution in [0.5, 0.6) is 5.75 Å². The highest BCUT2D eigenvalue weighted by atomic mass is 16.5. The molecular formula is C15H21NO3. The maximum absolute atomic E-state index is 11.8. The molecule has 1 N–H and O–H groups in total. The summed E-state index contributed by atoms with van der Waals surface area (Å²) >= 11 is 0. The molecule has 0 radical (unpaired) electrons. The van der Waals surface area contributed by atoms with Crippen molar-refractivity contribution in [2.24, 2.45) is 0 Å². The summed E-state index contributed by atoms with van der Waals surface area (Å²) in [6, 6.07) is 7.89. The normalized spacial score (nSPS) is 18.6. The van der Waals surface area contributed by atoms with Crippen LogP contribution in [-0.2, 0) is 4.79 Å². The quantitative estimate of drug-likeness (QED) is 0.823. The van der Waals surface area contributed by atoms with Crippen molar-refractivity contribution >= 4 is 5.91 Å². The molecule has 104 valence electrons. The lowest BCUT2D eigenvalue weighted by molar-refractivity contribution is -0.130. The monoisotopic (exact) mass is 263 g/mol. The maximum Gasteiger partial charge on any atom is 0.222 e. The zero-order chi connectivity index (χ0) is 13.7. The summed E-state index contributed by atoms with van der Waals surface area (Å²) in [6.07, 6.45) is 1.55. The Hall–Kier alpha value is -1.55. The van der Waals surface area contributed by atoms with Crippen LogP contribution in [0.4, 0.5) is 0 Å². The molecule has 1 saturated heterocycles. The van der Waals surface area contributed by atoms with Crippen LogP contribution in [-0.4, -0.2) is 41.7 Å². The first-order chi connectivity index (χ1) is 9.15. The first-order valence-corrected chi connectivity index (χ1v) is 6.80. The molecule has 1 fully saturated rings. The van der Waals surface area contributed by atoms with Crippen LogP contribution in [0, 0.1) is 6.92 Å². The minimum Gasteiger partial charge on any atom is -0.494 e. The standard InChI is InChI=1S/C15H21NO3/c1-12-4-2-5-14(10-12)19-9-3-6-15(18)16-8-7-13(17)11-16/h2,4-5,10,13,17H,3,6-9,11H2,1H3. The van der Waals surface area contributed by atoms with Gasteiger partial charge in [0.15, 0.2) is 0 Å². The number of benzene rings is 1. The van der Waals surface area contributed by atoms with Crippen molar-refractivity contribution in [3.05, 3.63) is 29.8 Å². The number of ether oxygens (including phenoxy) is 1. The predicted molar refractivity (Wildman–Crippen MR) is 73.1 cm³/mol. The third kappa shape index (κ3) is 4.24. The van der Waals surface area contributed by atoms with Gasteiger partial charge in [-0.15, -0.1) is 0 Å². The smallest absolute Gasteiger partial charge is 0.222 e. The SMILES string of the molecule is Cc1cccc(OCCCC(=O)N2CCC(O)C2)c1. The summed E-state index contributed by atoms with van der Waals surface area (Å²) in [4.78, 5) is 13.5. The number of aliphatic hydroxyl groups excluding tert-OH is 1. The largest absolute Gasteiger partial charge is 0.494 e. The molecule has 1 aliphatic rings. The van der Waals surface area contributed by atoms with E-state index in [4.69, 9.17) is 4.74 Å². The Morgan fingerprint density at radius 3 is 3.05 bits per heavy atom. The zero-order valence-corrected chi connectivity index (χ0v) is 11.3. The molecule has 1 heterocycles. The first kappa shape index (κ1) is 13.9. The number of hydrogen-bond acceptors (Lipinski definition) is 3. The second kappa shape index (κ2) is 6.57. The number of amides is 1. The van der Waals surface area contributed by atoms with Crippen LogP contribution in [0.25, 0.3) is 0 Å². The van der Waals surface area contributed by atoms with E-state index in [1.165, 1.54) is 5.56 Å². The van der Waals surface area contributed by atoms with Gasteiger partial charge in [-0.1, -0.05) is 12.1 Å². The molecule has 1 amide bonds.